The van der Waals surface area contributed by atoms with Crippen LogP contribution in [0.3, 0.4) is 0 Å². The van der Waals surface area contributed by atoms with Gasteiger partial charge >= 0.3 is 0 Å². The summed E-state index contributed by atoms with van der Waals surface area (Å²) in [4.78, 5) is 0. The normalized spacial score (nSPS) is 8.57. The van der Waals surface area contributed by atoms with Crippen LogP contribution >= 0.6 is 0 Å². The average molecular weight is 207 g/mol. The van der Waals surface area contributed by atoms with Crippen LogP contribution in [0.25, 0.3) is 0 Å². The van der Waals surface area contributed by atoms with E-state index in [1.165, 1.54) is 25.7 Å². The highest BCUT2D eigenvalue weighted by Gasteiger charge is 1.75. The van der Waals surface area contributed by atoms with E-state index in [4.69, 9.17) is 15.9 Å². The number of unbranched alkanes of at least 4 members (excludes halogenated alkanes) is 3. The smallest absolute Gasteiger partial charge is 0.0553 e. The van der Waals surface area contributed by atoms with Crippen molar-refractivity contribution in [3.05, 3.63) is 0 Å². The lowest BCUT2D eigenvalue weighted by Gasteiger charge is -1.86. The summed E-state index contributed by atoms with van der Waals surface area (Å²) in [5.41, 5.74) is 4.78. The third kappa shape index (κ3) is 93.4. The molecule has 0 spiro atoms. The number of aliphatic hydroxyl groups excluding tert-OH is 2. The van der Waals surface area contributed by atoms with Gasteiger partial charge in [0.1, 0.15) is 0 Å². The summed E-state index contributed by atoms with van der Waals surface area (Å²) in [5.74, 6) is 0. The molecule has 0 aromatic heterocycles. The molecule has 0 aliphatic rings. The molecule has 0 heterocycles. The maximum atomic E-state index is 8.06. The Hall–Kier alpha value is -0.120. The fourth-order valence-corrected chi connectivity index (χ4v) is 0.500. The van der Waals surface area contributed by atoms with Crippen LogP contribution in [-0.2, 0) is 0 Å². The molecule has 0 aliphatic carbocycles. The Morgan fingerprint density at radius 3 is 1.36 bits per heavy atom. The average Bonchev–Trinajstić information content (AvgIpc) is 2.14. The highest BCUT2D eigenvalue weighted by molar-refractivity contribution is 4.31. The van der Waals surface area contributed by atoms with Gasteiger partial charge in [-0.15, -0.1) is 0 Å². The molecular formula is C11H29NO2. The lowest BCUT2D eigenvalue weighted by atomic mass is 10.2. The molecule has 90 valence electrons. The van der Waals surface area contributed by atoms with Gasteiger partial charge in [-0.05, 0) is 13.8 Å². The molecule has 0 bridgehead atoms. The third-order valence-electron chi connectivity index (χ3n) is 1.09. The van der Waals surface area contributed by atoms with E-state index in [1.807, 2.05) is 0 Å². The first-order valence-corrected chi connectivity index (χ1v) is 5.55. The van der Waals surface area contributed by atoms with Crippen LogP contribution < -0.4 is 5.73 Å². The molecule has 0 radical (unpaired) electrons. The fourth-order valence-electron chi connectivity index (χ4n) is 0.500. The SMILES string of the molecule is CC(C)O.CCCCCC.NCCO. The Balaban J connectivity index is -0.000000135. The minimum Gasteiger partial charge on any atom is -0.395 e. The van der Waals surface area contributed by atoms with Gasteiger partial charge in [-0.3, -0.25) is 0 Å². The van der Waals surface area contributed by atoms with Crippen molar-refractivity contribution in [3.63, 3.8) is 0 Å². The maximum Gasteiger partial charge on any atom is 0.0553 e. The molecule has 4 N–H and O–H groups in total. The number of aliphatic hydroxyl groups is 2. The van der Waals surface area contributed by atoms with Crippen molar-refractivity contribution < 1.29 is 10.2 Å². The summed E-state index contributed by atoms with van der Waals surface area (Å²) in [5, 5.41) is 15.8. The predicted molar refractivity (Wildman–Crippen MR) is 63.3 cm³/mol. The van der Waals surface area contributed by atoms with Crippen LogP contribution in [0.5, 0.6) is 0 Å². The van der Waals surface area contributed by atoms with Gasteiger partial charge < -0.3 is 15.9 Å². The van der Waals surface area contributed by atoms with E-state index in [0.29, 0.717) is 6.54 Å². The van der Waals surface area contributed by atoms with E-state index in [-0.39, 0.29) is 12.7 Å². The molecule has 0 saturated carbocycles. The second kappa shape index (κ2) is 23.1. The minimum atomic E-state index is -0.167. The Labute approximate surface area is 89.3 Å². The van der Waals surface area contributed by atoms with Gasteiger partial charge in [-0.2, -0.15) is 0 Å². The van der Waals surface area contributed by atoms with Crippen molar-refractivity contribution in [1.29, 1.82) is 0 Å². The molecule has 0 rings (SSSR count). The Morgan fingerprint density at radius 2 is 1.29 bits per heavy atom. The molecule has 3 heteroatoms. The maximum absolute atomic E-state index is 8.06. The number of rotatable bonds is 4. The highest BCUT2D eigenvalue weighted by Crippen LogP contribution is 1.95. The number of hydrogen-bond donors (Lipinski definition) is 3. The second-order valence-electron chi connectivity index (χ2n) is 3.31. The summed E-state index contributed by atoms with van der Waals surface area (Å²) >= 11 is 0. The standard InChI is InChI=1S/C6H14.C3H8O.C2H7NO/c1-3-5-6-4-2;1-3(2)4;3-1-2-4/h3-6H2,1-2H3;3-4H,1-2H3;4H,1-3H2. The first kappa shape index (κ1) is 19.5. The second-order valence-corrected chi connectivity index (χ2v) is 3.31. The lowest BCUT2D eigenvalue weighted by molar-refractivity contribution is 0.216. The third-order valence-corrected chi connectivity index (χ3v) is 1.09. The van der Waals surface area contributed by atoms with E-state index >= 15 is 0 Å². The molecule has 0 saturated heterocycles. The lowest BCUT2D eigenvalue weighted by Crippen LogP contribution is -2.02. The molecule has 0 aliphatic heterocycles. The molecule has 0 amide bonds. The minimum absolute atomic E-state index is 0.0972. The van der Waals surface area contributed by atoms with E-state index in [1.54, 1.807) is 13.8 Å². The van der Waals surface area contributed by atoms with Crippen molar-refractivity contribution in [3.8, 4) is 0 Å². The summed E-state index contributed by atoms with van der Waals surface area (Å²) in [7, 11) is 0. The summed E-state index contributed by atoms with van der Waals surface area (Å²) in [6.07, 6.45) is 5.37. The number of hydrogen-bond acceptors (Lipinski definition) is 3. The van der Waals surface area contributed by atoms with Crippen LogP contribution in [0.1, 0.15) is 53.4 Å². The number of nitrogens with two attached hydrogens (primary N) is 1. The van der Waals surface area contributed by atoms with Crippen LogP contribution in [0.4, 0.5) is 0 Å². The molecule has 0 unspecified atom stereocenters. The predicted octanol–water partition coefficient (Wildman–Crippen LogP) is 1.91. The summed E-state index contributed by atoms with van der Waals surface area (Å²) in [6, 6.07) is 0. The van der Waals surface area contributed by atoms with Crippen LogP contribution in [-0.4, -0.2) is 29.5 Å². The van der Waals surface area contributed by atoms with Gasteiger partial charge in [-0.25, -0.2) is 0 Å². The summed E-state index contributed by atoms with van der Waals surface area (Å²) in [6.45, 7) is 8.38. The van der Waals surface area contributed by atoms with E-state index in [0.717, 1.165) is 0 Å². The van der Waals surface area contributed by atoms with Crippen LogP contribution in [0.2, 0.25) is 0 Å². The van der Waals surface area contributed by atoms with Gasteiger partial charge in [0.25, 0.3) is 0 Å². The molecule has 0 atom stereocenters. The largest absolute Gasteiger partial charge is 0.395 e. The van der Waals surface area contributed by atoms with Crippen molar-refractivity contribution in [2.45, 2.75) is 59.5 Å². The topological polar surface area (TPSA) is 66.5 Å². The van der Waals surface area contributed by atoms with Crippen molar-refractivity contribution in [1.82, 2.24) is 0 Å². The molecule has 14 heavy (non-hydrogen) atoms. The van der Waals surface area contributed by atoms with E-state index in [2.05, 4.69) is 13.8 Å². The quantitative estimate of drug-likeness (QED) is 0.617. The Bertz CT molecular complexity index is 59.6. The van der Waals surface area contributed by atoms with Crippen LogP contribution in [0, 0.1) is 0 Å². The summed E-state index contributed by atoms with van der Waals surface area (Å²) < 4.78 is 0. The van der Waals surface area contributed by atoms with Gasteiger partial charge in [0.2, 0.25) is 0 Å². The molecule has 0 aromatic carbocycles. The van der Waals surface area contributed by atoms with Gasteiger partial charge in [0.05, 0.1) is 6.61 Å². The molecule has 0 fully saturated rings. The zero-order valence-electron chi connectivity index (χ0n) is 10.3. The zero-order valence-corrected chi connectivity index (χ0v) is 10.3. The van der Waals surface area contributed by atoms with Crippen molar-refractivity contribution in [2.24, 2.45) is 5.73 Å². The van der Waals surface area contributed by atoms with Crippen molar-refractivity contribution >= 4 is 0 Å². The van der Waals surface area contributed by atoms with Gasteiger partial charge in [0.15, 0.2) is 0 Å². The monoisotopic (exact) mass is 207 g/mol. The molecule has 0 aromatic rings. The Kier molecular flexibility index (Phi) is 32.0. The first-order valence-electron chi connectivity index (χ1n) is 5.55. The first-order chi connectivity index (χ1) is 6.56. The van der Waals surface area contributed by atoms with Gasteiger partial charge in [0, 0.05) is 12.6 Å². The fraction of sp³-hybridized carbons (Fsp3) is 1.00. The van der Waals surface area contributed by atoms with Crippen LogP contribution in [0.15, 0.2) is 0 Å². The Morgan fingerprint density at radius 1 is 1.07 bits per heavy atom. The van der Waals surface area contributed by atoms with E-state index < -0.39 is 0 Å². The molecular weight excluding hydrogens is 178 g/mol. The zero-order chi connectivity index (χ0) is 11.8. The highest BCUT2D eigenvalue weighted by atomic mass is 16.3. The van der Waals surface area contributed by atoms with E-state index in [9.17, 15) is 0 Å². The van der Waals surface area contributed by atoms with Gasteiger partial charge in [-0.1, -0.05) is 39.5 Å². The molecule has 3 nitrogen and oxygen atoms in total. The van der Waals surface area contributed by atoms with Crippen molar-refractivity contribution in [2.75, 3.05) is 13.2 Å².